The predicted molar refractivity (Wildman–Crippen MR) is 110 cm³/mol. The lowest BCUT2D eigenvalue weighted by Crippen LogP contribution is -2.13. The van der Waals surface area contributed by atoms with Crippen LogP contribution < -0.4 is 5.32 Å². The Hall–Kier alpha value is -2.65. The monoisotopic (exact) mass is 413 g/mol. The van der Waals surface area contributed by atoms with E-state index >= 15 is 0 Å². The first-order valence-electron chi connectivity index (χ1n) is 7.92. The van der Waals surface area contributed by atoms with Gasteiger partial charge in [0.05, 0.1) is 0 Å². The van der Waals surface area contributed by atoms with Gasteiger partial charge in [-0.05, 0) is 29.3 Å². The molecular weight excluding hydrogens is 401 g/mol. The van der Waals surface area contributed by atoms with Crippen molar-refractivity contribution in [2.24, 2.45) is 0 Å². The first-order chi connectivity index (χ1) is 13.0. The number of aromatic nitrogens is 1. The lowest BCUT2D eigenvalue weighted by atomic mass is 10.1. The van der Waals surface area contributed by atoms with E-state index in [0.717, 1.165) is 16.0 Å². The van der Waals surface area contributed by atoms with Crippen molar-refractivity contribution in [3.05, 3.63) is 86.4 Å². The third-order valence-electron chi connectivity index (χ3n) is 3.63. The summed E-state index contributed by atoms with van der Waals surface area (Å²) < 4.78 is 0. The second kappa shape index (κ2) is 8.83. The Balaban J connectivity index is 1.70. The summed E-state index contributed by atoms with van der Waals surface area (Å²) in [6, 6.07) is 16.4. The van der Waals surface area contributed by atoms with E-state index in [2.05, 4.69) is 10.3 Å². The van der Waals surface area contributed by atoms with Crippen molar-refractivity contribution in [3.63, 3.8) is 0 Å². The van der Waals surface area contributed by atoms with Gasteiger partial charge in [0.15, 0.2) is 5.13 Å². The Labute approximate surface area is 170 Å². The number of nitrogens with one attached hydrogen (secondary N) is 1. The van der Waals surface area contributed by atoms with Gasteiger partial charge in [0.1, 0.15) is 11.6 Å². The fourth-order valence-electron chi connectivity index (χ4n) is 2.33. The van der Waals surface area contributed by atoms with Gasteiger partial charge in [-0.2, -0.15) is 5.26 Å². The van der Waals surface area contributed by atoms with Gasteiger partial charge in [-0.25, -0.2) is 4.98 Å². The van der Waals surface area contributed by atoms with Gasteiger partial charge < -0.3 is 0 Å². The summed E-state index contributed by atoms with van der Waals surface area (Å²) in [5.74, 6) is -0.494. The molecule has 1 aromatic heterocycles. The molecular formula is C20H13Cl2N3OS. The fourth-order valence-corrected chi connectivity index (χ4v) is 3.63. The Bertz CT molecular complexity index is 1040. The topological polar surface area (TPSA) is 65.8 Å². The maximum atomic E-state index is 12.3. The van der Waals surface area contributed by atoms with Crippen LogP contribution in [0.15, 0.2) is 60.3 Å². The molecule has 27 heavy (non-hydrogen) atoms. The van der Waals surface area contributed by atoms with Crippen molar-refractivity contribution in [2.45, 2.75) is 6.42 Å². The van der Waals surface area contributed by atoms with Gasteiger partial charge in [-0.15, -0.1) is 11.3 Å². The number of anilines is 1. The molecule has 3 rings (SSSR count). The lowest BCUT2D eigenvalue weighted by molar-refractivity contribution is -0.112. The highest BCUT2D eigenvalue weighted by Gasteiger charge is 2.13. The minimum Gasteiger partial charge on any atom is -0.297 e. The Morgan fingerprint density at radius 3 is 2.70 bits per heavy atom. The van der Waals surface area contributed by atoms with Crippen molar-refractivity contribution in [1.29, 1.82) is 5.26 Å². The van der Waals surface area contributed by atoms with Crippen molar-refractivity contribution in [2.75, 3.05) is 5.32 Å². The van der Waals surface area contributed by atoms with Gasteiger partial charge in [-0.3, -0.25) is 10.1 Å². The van der Waals surface area contributed by atoms with Gasteiger partial charge in [0.25, 0.3) is 5.91 Å². The summed E-state index contributed by atoms with van der Waals surface area (Å²) >= 11 is 13.4. The van der Waals surface area contributed by atoms with Gasteiger partial charge in [0, 0.05) is 27.5 Å². The zero-order valence-corrected chi connectivity index (χ0v) is 16.3. The van der Waals surface area contributed by atoms with Crippen LogP contribution in [0.1, 0.15) is 16.0 Å². The van der Waals surface area contributed by atoms with E-state index in [1.165, 1.54) is 17.4 Å². The Morgan fingerprint density at radius 2 is 2.00 bits per heavy atom. The van der Waals surface area contributed by atoms with E-state index in [1.807, 2.05) is 42.5 Å². The summed E-state index contributed by atoms with van der Waals surface area (Å²) in [6.45, 7) is 0. The molecule has 0 unspecified atom stereocenters. The highest BCUT2D eigenvalue weighted by atomic mass is 35.5. The van der Waals surface area contributed by atoms with Gasteiger partial charge in [-0.1, -0.05) is 59.6 Å². The minimum atomic E-state index is -0.494. The van der Waals surface area contributed by atoms with Crippen LogP contribution >= 0.6 is 34.5 Å². The number of amides is 1. The molecule has 1 heterocycles. The lowest BCUT2D eigenvalue weighted by Gasteiger charge is -2.02. The maximum absolute atomic E-state index is 12.3. The van der Waals surface area contributed by atoms with Gasteiger partial charge in [0.2, 0.25) is 0 Å². The van der Waals surface area contributed by atoms with Crippen LogP contribution in [0.5, 0.6) is 0 Å². The fraction of sp³-hybridized carbons (Fsp3) is 0.0500. The molecule has 0 radical (unpaired) electrons. The van der Waals surface area contributed by atoms with Crippen LogP contribution in [0.2, 0.25) is 10.0 Å². The quantitative estimate of drug-likeness (QED) is 0.438. The van der Waals surface area contributed by atoms with E-state index in [1.54, 1.807) is 18.3 Å². The Morgan fingerprint density at radius 1 is 1.22 bits per heavy atom. The summed E-state index contributed by atoms with van der Waals surface area (Å²) in [5.41, 5.74) is 1.71. The molecule has 0 aliphatic rings. The Kier molecular flexibility index (Phi) is 6.25. The molecule has 0 spiro atoms. The third-order valence-corrected chi connectivity index (χ3v) is 5.13. The van der Waals surface area contributed by atoms with Crippen LogP contribution in [0.4, 0.5) is 5.13 Å². The third kappa shape index (κ3) is 5.18. The highest BCUT2D eigenvalue weighted by molar-refractivity contribution is 7.15. The number of carbonyl (C=O) groups excluding carboxylic acids is 1. The number of halogens is 2. The number of thiazole rings is 1. The zero-order chi connectivity index (χ0) is 19.2. The van der Waals surface area contributed by atoms with Crippen LogP contribution in [0, 0.1) is 11.3 Å². The normalized spacial score (nSPS) is 11.1. The molecule has 0 aliphatic carbocycles. The first-order valence-corrected chi connectivity index (χ1v) is 9.49. The molecule has 1 N–H and O–H groups in total. The summed E-state index contributed by atoms with van der Waals surface area (Å²) in [4.78, 5) is 17.5. The molecule has 0 saturated carbocycles. The minimum absolute atomic E-state index is 0.0127. The molecule has 4 nitrogen and oxygen atoms in total. The standard InChI is InChI=1S/C20H13Cl2N3OS/c21-16-7-6-14(18(22)10-16)9-17-12-24-20(27-17)25-19(26)15(11-23)8-13-4-2-1-3-5-13/h1-8,10,12H,9H2,(H,24,25,26). The highest BCUT2D eigenvalue weighted by Crippen LogP contribution is 2.27. The number of benzene rings is 2. The van der Waals surface area contributed by atoms with Crippen molar-refractivity contribution < 1.29 is 4.79 Å². The summed E-state index contributed by atoms with van der Waals surface area (Å²) in [5, 5.41) is 13.5. The SMILES string of the molecule is N#CC(=Cc1ccccc1)C(=O)Nc1ncc(Cc2ccc(Cl)cc2Cl)s1. The van der Waals surface area contributed by atoms with Crippen LogP contribution in [-0.4, -0.2) is 10.9 Å². The predicted octanol–water partition coefficient (Wildman–Crippen LogP) is 5.59. The van der Waals surface area contributed by atoms with E-state index in [-0.39, 0.29) is 5.57 Å². The second-order valence-corrected chi connectivity index (χ2v) is 7.54. The molecule has 1 amide bonds. The van der Waals surface area contributed by atoms with E-state index < -0.39 is 5.91 Å². The second-order valence-electron chi connectivity index (χ2n) is 5.58. The molecule has 3 aromatic rings. The number of rotatable bonds is 5. The molecule has 0 atom stereocenters. The zero-order valence-electron chi connectivity index (χ0n) is 13.9. The van der Waals surface area contributed by atoms with Crippen molar-refractivity contribution in [3.8, 4) is 6.07 Å². The molecule has 134 valence electrons. The van der Waals surface area contributed by atoms with Crippen LogP contribution in [-0.2, 0) is 11.2 Å². The molecule has 2 aromatic carbocycles. The molecule has 0 bridgehead atoms. The van der Waals surface area contributed by atoms with E-state index in [0.29, 0.717) is 21.6 Å². The van der Waals surface area contributed by atoms with Crippen molar-refractivity contribution in [1.82, 2.24) is 4.98 Å². The van der Waals surface area contributed by atoms with E-state index in [9.17, 15) is 10.1 Å². The number of hydrogen-bond donors (Lipinski definition) is 1. The summed E-state index contributed by atoms with van der Waals surface area (Å²) in [7, 11) is 0. The van der Waals surface area contributed by atoms with Crippen LogP contribution in [0.3, 0.4) is 0 Å². The number of nitrogens with zero attached hydrogens (tertiary/aromatic N) is 2. The molecule has 7 heteroatoms. The average molecular weight is 414 g/mol. The van der Waals surface area contributed by atoms with Crippen LogP contribution in [0.25, 0.3) is 6.08 Å². The van der Waals surface area contributed by atoms with E-state index in [4.69, 9.17) is 23.2 Å². The number of hydrogen-bond acceptors (Lipinski definition) is 4. The maximum Gasteiger partial charge on any atom is 0.268 e. The average Bonchev–Trinajstić information content (AvgIpc) is 3.09. The first kappa shape index (κ1) is 19.1. The number of nitriles is 1. The largest absolute Gasteiger partial charge is 0.297 e. The van der Waals surface area contributed by atoms with Gasteiger partial charge >= 0.3 is 0 Å². The van der Waals surface area contributed by atoms with Crippen molar-refractivity contribution >= 4 is 51.7 Å². The molecule has 0 saturated heterocycles. The smallest absolute Gasteiger partial charge is 0.268 e. The summed E-state index contributed by atoms with van der Waals surface area (Å²) in [6.07, 6.45) is 3.80. The number of carbonyl (C=O) groups is 1. The molecule has 0 aliphatic heterocycles. The molecule has 0 fully saturated rings.